The first kappa shape index (κ1) is 14.9. The largest absolute Gasteiger partial charge is 0.416 e. The van der Waals surface area contributed by atoms with E-state index in [0.717, 1.165) is 18.9 Å². The van der Waals surface area contributed by atoms with Crippen LogP contribution in [-0.4, -0.2) is 18.0 Å². The van der Waals surface area contributed by atoms with Crippen molar-refractivity contribution in [3.8, 4) is 6.07 Å². The Balaban J connectivity index is 2.35. The van der Waals surface area contributed by atoms with E-state index in [9.17, 15) is 18.4 Å². The lowest BCUT2D eigenvalue weighted by atomic mass is 9.94. The number of nitrogens with zero attached hydrogens (tertiary/aromatic N) is 2. The molecule has 1 aliphatic rings. The van der Waals surface area contributed by atoms with Crippen LogP contribution in [0.5, 0.6) is 0 Å². The molecule has 1 aromatic carbocycles. The van der Waals surface area contributed by atoms with E-state index >= 15 is 0 Å². The smallest absolute Gasteiger partial charge is 0.284 e. The number of halogens is 3. The summed E-state index contributed by atoms with van der Waals surface area (Å²) in [7, 11) is 0. The maximum absolute atomic E-state index is 13.1. The summed E-state index contributed by atoms with van der Waals surface area (Å²) >= 11 is 0. The predicted octanol–water partition coefficient (Wildman–Crippen LogP) is 4.00. The van der Waals surface area contributed by atoms with Crippen molar-refractivity contribution in [2.45, 2.75) is 32.0 Å². The third kappa shape index (κ3) is 3.13. The van der Waals surface area contributed by atoms with Gasteiger partial charge in [0.15, 0.2) is 0 Å². The molecular formula is C15H17F3N2. The Labute approximate surface area is 116 Å². The second kappa shape index (κ2) is 5.84. The monoisotopic (exact) mass is 282 g/mol. The number of likely N-dealkylation sites (tertiary alicyclic amines) is 1. The van der Waals surface area contributed by atoms with Crippen molar-refractivity contribution >= 4 is 0 Å². The number of alkyl halides is 3. The third-order valence-corrected chi connectivity index (χ3v) is 3.74. The van der Waals surface area contributed by atoms with Gasteiger partial charge < -0.3 is 0 Å². The van der Waals surface area contributed by atoms with Gasteiger partial charge in [-0.2, -0.15) is 18.4 Å². The average molecular weight is 282 g/mol. The van der Waals surface area contributed by atoms with Gasteiger partial charge in [0.05, 0.1) is 11.6 Å². The van der Waals surface area contributed by atoms with Gasteiger partial charge in [-0.05, 0) is 36.9 Å². The van der Waals surface area contributed by atoms with Crippen molar-refractivity contribution in [1.29, 1.82) is 5.26 Å². The Kier molecular flexibility index (Phi) is 4.34. The number of benzene rings is 1. The standard InChI is InChI=1S/C15H17F3N2/c1-11-5-4-8-20(10-11)14(9-19)12-6-2-3-7-13(12)15(16,17)18/h2-3,6-7,11,14H,4-5,8,10H2,1H3. The van der Waals surface area contributed by atoms with Gasteiger partial charge in [0.1, 0.15) is 6.04 Å². The number of nitriles is 1. The van der Waals surface area contributed by atoms with Crippen LogP contribution in [0.3, 0.4) is 0 Å². The first-order chi connectivity index (χ1) is 9.43. The number of hydrogen-bond donors (Lipinski definition) is 0. The Morgan fingerprint density at radius 3 is 2.65 bits per heavy atom. The Morgan fingerprint density at radius 2 is 2.05 bits per heavy atom. The van der Waals surface area contributed by atoms with E-state index in [0.29, 0.717) is 19.0 Å². The minimum atomic E-state index is -4.42. The summed E-state index contributed by atoms with van der Waals surface area (Å²) in [6.45, 7) is 3.41. The molecule has 2 rings (SSSR count). The van der Waals surface area contributed by atoms with Gasteiger partial charge in [-0.25, -0.2) is 0 Å². The van der Waals surface area contributed by atoms with Crippen LogP contribution < -0.4 is 0 Å². The summed E-state index contributed by atoms with van der Waals surface area (Å²) in [5.41, 5.74) is -0.638. The molecule has 108 valence electrons. The topological polar surface area (TPSA) is 27.0 Å². The summed E-state index contributed by atoms with van der Waals surface area (Å²) < 4.78 is 39.2. The summed E-state index contributed by atoms with van der Waals surface area (Å²) in [6, 6.07) is 6.60. The van der Waals surface area contributed by atoms with Gasteiger partial charge >= 0.3 is 6.18 Å². The summed E-state index contributed by atoms with van der Waals surface area (Å²) in [4.78, 5) is 1.86. The van der Waals surface area contributed by atoms with E-state index in [4.69, 9.17) is 0 Å². The number of hydrogen-bond acceptors (Lipinski definition) is 2. The number of rotatable bonds is 2. The molecule has 2 nitrogen and oxygen atoms in total. The molecule has 2 unspecified atom stereocenters. The summed E-state index contributed by atoms with van der Waals surface area (Å²) in [5.74, 6) is 0.414. The maximum Gasteiger partial charge on any atom is 0.416 e. The quantitative estimate of drug-likeness (QED) is 0.819. The van der Waals surface area contributed by atoms with Crippen LogP contribution in [0.1, 0.15) is 36.9 Å². The van der Waals surface area contributed by atoms with E-state index in [1.807, 2.05) is 11.0 Å². The van der Waals surface area contributed by atoms with Crippen LogP contribution >= 0.6 is 0 Å². The van der Waals surface area contributed by atoms with Gasteiger partial charge in [-0.3, -0.25) is 4.90 Å². The van der Waals surface area contributed by atoms with E-state index in [-0.39, 0.29) is 5.56 Å². The molecule has 5 heteroatoms. The molecule has 1 saturated heterocycles. The fourth-order valence-corrected chi connectivity index (χ4v) is 2.80. The average Bonchev–Trinajstić information content (AvgIpc) is 2.39. The van der Waals surface area contributed by atoms with E-state index in [1.165, 1.54) is 12.1 Å². The zero-order valence-corrected chi connectivity index (χ0v) is 11.3. The van der Waals surface area contributed by atoms with Crippen molar-refractivity contribution in [3.05, 3.63) is 35.4 Å². The molecule has 0 radical (unpaired) electrons. The minimum absolute atomic E-state index is 0.0663. The lowest BCUT2D eigenvalue weighted by molar-refractivity contribution is -0.138. The highest BCUT2D eigenvalue weighted by Gasteiger charge is 2.37. The Hall–Kier alpha value is -1.54. The zero-order valence-electron chi connectivity index (χ0n) is 11.3. The third-order valence-electron chi connectivity index (χ3n) is 3.74. The van der Waals surface area contributed by atoms with Crippen LogP contribution in [0.25, 0.3) is 0 Å². The predicted molar refractivity (Wildman–Crippen MR) is 69.8 cm³/mol. The van der Waals surface area contributed by atoms with E-state index in [1.54, 1.807) is 6.07 Å². The molecule has 0 aliphatic carbocycles. The molecule has 1 heterocycles. The second-order valence-corrected chi connectivity index (χ2v) is 5.36. The normalized spacial score (nSPS) is 22.2. The first-order valence-corrected chi connectivity index (χ1v) is 6.73. The lowest BCUT2D eigenvalue weighted by Crippen LogP contribution is -2.37. The van der Waals surface area contributed by atoms with Crippen LogP contribution in [0, 0.1) is 17.2 Å². The van der Waals surface area contributed by atoms with Crippen molar-refractivity contribution in [2.75, 3.05) is 13.1 Å². The van der Waals surface area contributed by atoms with E-state index in [2.05, 4.69) is 6.92 Å². The van der Waals surface area contributed by atoms with Crippen LogP contribution in [0.2, 0.25) is 0 Å². The van der Waals surface area contributed by atoms with Gasteiger partial charge in [0.25, 0.3) is 0 Å². The van der Waals surface area contributed by atoms with Gasteiger partial charge in [-0.15, -0.1) is 0 Å². The molecule has 1 fully saturated rings. The Morgan fingerprint density at radius 1 is 1.35 bits per heavy atom. The molecular weight excluding hydrogens is 265 g/mol. The molecule has 0 amide bonds. The molecule has 1 aromatic rings. The van der Waals surface area contributed by atoms with Crippen LogP contribution in [-0.2, 0) is 6.18 Å². The highest BCUT2D eigenvalue weighted by Crippen LogP contribution is 2.37. The second-order valence-electron chi connectivity index (χ2n) is 5.36. The summed E-state index contributed by atoms with van der Waals surface area (Å²) in [5, 5.41) is 9.35. The fourth-order valence-electron chi connectivity index (χ4n) is 2.80. The highest BCUT2D eigenvalue weighted by atomic mass is 19.4. The zero-order chi connectivity index (χ0) is 14.8. The SMILES string of the molecule is CC1CCCN(C(C#N)c2ccccc2C(F)(F)F)C1. The summed E-state index contributed by atoms with van der Waals surface area (Å²) in [6.07, 6.45) is -2.43. The first-order valence-electron chi connectivity index (χ1n) is 6.73. The van der Waals surface area contributed by atoms with Crippen molar-refractivity contribution < 1.29 is 13.2 Å². The molecule has 1 aliphatic heterocycles. The number of piperidine rings is 1. The van der Waals surface area contributed by atoms with Gasteiger partial charge in [0, 0.05) is 6.54 Å². The van der Waals surface area contributed by atoms with Crippen LogP contribution in [0.4, 0.5) is 13.2 Å². The van der Waals surface area contributed by atoms with Gasteiger partial charge in [0.2, 0.25) is 0 Å². The molecule has 0 N–H and O–H groups in total. The van der Waals surface area contributed by atoms with Crippen molar-refractivity contribution in [1.82, 2.24) is 4.90 Å². The van der Waals surface area contributed by atoms with Crippen LogP contribution in [0.15, 0.2) is 24.3 Å². The van der Waals surface area contributed by atoms with Crippen molar-refractivity contribution in [2.24, 2.45) is 5.92 Å². The highest BCUT2D eigenvalue weighted by molar-refractivity contribution is 5.35. The fraction of sp³-hybridized carbons (Fsp3) is 0.533. The molecule has 0 aromatic heterocycles. The molecule has 20 heavy (non-hydrogen) atoms. The molecule has 0 bridgehead atoms. The van der Waals surface area contributed by atoms with Crippen molar-refractivity contribution in [3.63, 3.8) is 0 Å². The minimum Gasteiger partial charge on any atom is -0.284 e. The van der Waals surface area contributed by atoms with E-state index < -0.39 is 17.8 Å². The molecule has 0 saturated carbocycles. The molecule has 2 atom stereocenters. The molecule has 0 spiro atoms. The van der Waals surface area contributed by atoms with Gasteiger partial charge in [-0.1, -0.05) is 25.1 Å². The Bertz CT molecular complexity index is 505. The maximum atomic E-state index is 13.1. The lowest BCUT2D eigenvalue weighted by Gasteiger charge is -2.35.